The zero-order chi connectivity index (χ0) is 15.6. The largest absolute Gasteiger partial charge is 0.0622 e. The van der Waals surface area contributed by atoms with E-state index in [1.54, 1.807) is 0 Å². The summed E-state index contributed by atoms with van der Waals surface area (Å²) in [5, 5.41) is 0. The molecule has 0 aliphatic rings. The summed E-state index contributed by atoms with van der Waals surface area (Å²) < 4.78 is 0. The third-order valence-corrected chi connectivity index (χ3v) is 4.05. The van der Waals surface area contributed by atoms with E-state index >= 15 is 0 Å². The van der Waals surface area contributed by atoms with E-state index in [9.17, 15) is 0 Å². The van der Waals surface area contributed by atoms with Crippen molar-refractivity contribution >= 4 is 0 Å². The van der Waals surface area contributed by atoms with E-state index in [0.717, 1.165) is 0 Å². The zero-order valence-electron chi connectivity index (χ0n) is 13.5. The van der Waals surface area contributed by atoms with Gasteiger partial charge < -0.3 is 0 Å². The van der Waals surface area contributed by atoms with Crippen LogP contribution in [0.3, 0.4) is 0 Å². The highest BCUT2D eigenvalue weighted by Crippen LogP contribution is 2.29. The molecule has 0 bridgehead atoms. The molecule has 22 heavy (non-hydrogen) atoms. The molecular formula is C22H22. The molecule has 110 valence electrons. The number of hydrogen-bond acceptors (Lipinski definition) is 0. The summed E-state index contributed by atoms with van der Waals surface area (Å²) in [7, 11) is 0. The molecule has 0 unspecified atom stereocenters. The summed E-state index contributed by atoms with van der Waals surface area (Å²) in [4.78, 5) is 0. The maximum atomic E-state index is 2.30. The van der Waals surface area contributed by atoms with Crippen molar-refractivity contribution in [1.82, 2.24) is 0 Å². The topological polar surface area (TPSA) is 0 Å². The van der Waals surface area contributed by atoms with Crippen LogP contribution >= 0.6 is 0 Å². The fraction of sp³-hybridized carbons (Fsp3) is 0.182. The van der Waals surface area contributed by atoms with Crippen molar-refractivity contribution in [2.24, 2.45) is 0 Å². The number of hydrogen-bond donors (Lipinski definition) is 0. The molecule has 0 fully saturated rings. The maximum absolute atomic E-state index is 2.30. The van der Waals surface area contributed by atoms with Gasteiger partial charge in [0, 0.05) is 0 Å². The van der Waals surface area contributed by atoms with E-state index in [2.05, 4.69) is 99.6 Å². The predicted molar refractivity (Wildman–Crippen MR) is 96.0 cm³/mol. The highest BCUT2D eigenvalue weighted by atomic mass is 14.2. The molecule has 0 saturated carbocycles. The molecule has 3 aromatic carbocycles. The van der Waals surface area contributed by atoms with Gasteiger partial charge in [0.05, 0.1) is 0 Å². The number of benzene rings is 3. The van der Waals surface area contributed by atoms with Crippen molar-refractivity contribution in [3.63, 3.8) is 0 Å². The second-order valence-corrected chi connectivity index (χ2v) is 6.77. The molecule has 0 heteroatoms. The molecule has 0 aliphatic carbocycles. The lowest BCUT2D eigenvalue weighted by atomic mass is 9.85. The second kappa shape index (κ2) is 5.81. The molecule has 0 aromatic heterocycles. The van der Waals surface area contributed by atoms with Crippen LogP contribution in [0, 0.1) is 0 Å². The third kappa shape index (κ3) is 3.12. The van der Waals surface area contributed by atoms with Gasteiger partial charge in [0.25, 0.3) is 0 Å². The van der Waals surface area contributed by atoms with Gasteiger partial charge in [-0.3, -0.25) is 0 Å². The van der Waals surface area contributed by atoms with Crippen LogP contribution in [0.5, 0.6) is 0 Å². The van der Waals surface area contributed by atoms with Gasteiger partial charge in [-0.25, -0.2) is 0 Å². The summed E-state index contributed by atoms with van der Waals surface area (Å²) in [6.45, 7) is 6.76. The van der Waals surface area contributed by atoms with Gasteiger partial charge in [0.2, 0.25) is 0 Å². The van der Waals surface area contributed by atoms with Crippen LogP contribution in [0.15, 0.2) is 78.9 Å². The Morgan fingerprint density at radius 2 is 1.00 bits per heavy atom. The Bertz CT molecular complexity index is 744. The minimum absolute atomic E-state index is 0.181. The SMILES string of the molecule is CC(C)(C)c1cccc(-c2ccc(-c3ccccc3)cc2)c1. The summed E-state index contributed by atoms with van der Waals surface area (Å²) in [5.74, 6) is 0. The van der Waals surface area contributed by atoms with Gasteiger partial charge >= 0.3 is 0 Å². The lowest BCUT2D eigenvalue weighted by Crippen LogP contribution is -2.10. The maximum Gasteiger partial charge on any atom is -0.0132 e. The molecule has 0 aliphatic heterocycles. The molecule has 0 nitrogen and oxygen atoms in total. The Labute approximate surface area is 133 Å². The van der Waals surface area contributed by atoms with Crippen LogP contribution < -0.4 is 0 Å². The smallest absolute Gasteiger partial charge is 0.0132 e. The lowest BCUT2D eigenvalue weighted by Gasteiger charge is -2.19. The van der Waals surface area contributed by atoms with E-state index < -0.39 is 0 Å². The van der Waals surface area contributed by atoms with Gasteiger partial charge in [-0.1, -0.05) is 99.6 Å². The first kappa shape index (κ1) is 14.6. The summed E-state index contributed by atoms with van der Waals surface area (Å²) in [5.41, 5.74) is 6.63. The fourth-order valence-electron chi connectivity index (χ4n) is 2.65. The molecule has 0 heterocycles. The van der Waals surface area contributed by atoms with Crippen molar-refractivity contribution in [3.8, 4) is 22.3 Å². The molecule has 3 aromatic rings. The van der Waals surface area contributed by atoms with Crippen LogP contribution in [0.25, 0.3) is 22.3 Å². The van der Waals surface area contributed by atoms with Crippen LogP contribution in [0.1, 0.15) is 26.3 Å². The van der Waals surface area contributed by atoms with Gasteiger partial charge in [-0.2, -0.15) is 0 Å². The predicted octanol–water partition coefficient (Wildman–Crippen LogP) is 6.32. The van der Waals surface area contributed by atoms with Crippen molar-refractivity contribution in [2.45, 2.75) is 26.2 Å². The normalized spacial score (nSPS) is 11.4. The van der Waals surface area contributed by atoms with Crippen LogP contribution in [0.2, 0.25) is 0 Å². The lowest BCUT2D eigenvalue weighted by molar-refractivity contribution is 0.590. The summed E-state index contributed by atoms with van der Waals surface area (Å²) in [6.07, 6.45) is 0. The quantitative estimate of drug-likeness (QED) is 0.517. The summed E-state index contributed by atoms with van der Waals surface area (Å²) in [6, 6.07) is 28.2. The van der Waals surface area contributed by atoms with Gasteiger partial charge in [0.15, 0.2) is 0 Å². The van der Waals surface area contributed by atoms with E-state index in [4.69, 9.17) is 0 Å². The fourth-order valence-corrected chi connectivity index (χ4v) is 2.65. The Hall–Kier alpha value is -2.34. The van der Waals surface area contributed by atoms with Crippen molar-refractivity contribution in [2.75, 3.05) is 0 Å². The van der Waals surface area contributed by atoms with E-state index in [0.29, 0.717) is 0 Å². The summed E-state index contributed by atoms with van der Waals surface area (Å²) >= 11 is 0. The van der Waals surface area contributed by atoms with E-state index in [1.165, 1.54) is 27.8 Å². The molecule has 0 spiro atoms. The van der Waals surface area contributed by atoms with E-state index in [-0.39, 0.29) is 5.41 Å². The monoisotopic (exact) mass is 286 g/mol. The van der Waals surface area contributed by atoms with Crippen molar-refractivity contribution in [3.05, 3.63) is 84.4 Å². The Morgan fingerprint density at radius 1 is 0.500 bits per heavy atom. The van der Waals surface area contributed by atoms with Gasteiger partial charge in [-0.15, -0.1) is 0 Å². The van der Waals surface area contributed by atoms with Crippen molar-refractivity contribution < 1.29 is 0 Å². The molecule has 0 N–H and O–H groups in total. The molecular weight excluding hydrogens is 264 g/mol. The standard InChI is InChI=1S/C22H22/c1-22(2,3)21-11-7-10-20(16-21)19-14-12-18(13-15-19)17-8-5-4-6-9-17/h4-16H,1-3H3. The van der Waals surface area contributed by atoms with Crippen molar-refractivity contribution in [1.29, 1.82) is 0 Å². The Morgan fingerprint density at radius 3 is 1.59 bits per heavy atom. The highest BCUT2D eigenvalue weighted by molar-refractivity contribution is 5.70. The minimum Gasteiger partial charge on any atom is -0.0622 e. The van der Waals surface area contributed by atoms with Crippen LogP contribution in [-0.2, 0) is 5.41 Å². The Balaban J connectivity index is 1.94. The molecule has 0 saturated heterocycles. The first-order chi connectivity index (χ1) is 10.5. The third-order valence-electron chi connectivity index (χ3n) is 4.05. The molecule has 0 amide bonds. The second-order valence-electron chi connectivity index (χ2n) is 6.77. The number of rotatable bonds is 2. The van der Waals surface area contributed by atoms with Crippen LogP contribution in [0.4, 0.5) is 0 Å². The zero-order valence-corrected chi connectivity index (χ0v) is 13.5. The first-order valence-corrected chi connectivity index (χ1v) is 7.80. The average molecular weight is 286 g/mol. The Kier molecular flexibility index (Phi) is 3.85. The van der Waals surface area contributed by atoms with Gasteiger partial charge in [0.1, 0.15) is 0 Å². The molecule has 0 radical (unpaired) electrons. The molecule has 0 atom stereocenters. The molecule has 3 rings (SSSR count). The highest BCUT2D eigenvalue weighted by Gasteiger charge is 2.13. The van der Waals surface area contributed by atoms with Gasteiger partial charge in [-0.05, 0) is 33.2 Å². The van der Waals surface area contributed by atoms with Crippen LogP contribution in [-0.4, -0.2) is 0 Å². The average Bonchev–Trinajstić information content (AvgIpc) is 2.55. The first-order valence-electron chi connectivity index (χ1n) is 7.80. The van der Waals surface area contributed by atoms with E-state index in [1.807, 2.05) is 0 Å². The minimum atomic E-state index is 0.181.